The van der Waals surface area contributed by atoms with Gasteiger partial charge in [0.15, 0.2) is 0 Å². The Labute approximate surface area is 128 Å². The number of rotatable bonds is 6. The van der Waals surface area contributed by atoms with E-state index in [0.717, 1.165) is 58.5 Å². The topological polar surface area (TPSA) is 43.9 Å². The van der Waals surface area contributed by atoms with Crippen LogP contribution in [0.3, 0.4) is 0 Å². The Morgan fingerprint density at radius 1 is 1.10 bits per heavy atom. The Hall–Kier alpha value is -1.10. The average molecular weight is 295 g/mol. The SMILES string of the molecule is CCCCN(C)C(=O)C1CC1C(=O)N1CCN(CC)CC1. The molecule has 0 aromatic carbocycles. The molecule has 0 bridgehead atoms. The Morgan fingerprint density at radius 3 is 2.33 bits per heavy atom. The molecular weight excluding hydrogens is 266 g/mol. The van der Waals surface area contributed by atoms with E-state index in [0.29, 0.717) is 0 Å². The molecule has 1 saturated heterocycles. The molecule has 0 spiro atoms. The van der Waals surface area contributed by atoms with E-state index in [1.165, 1.54) is 0 Å². The van der Waals surface area contributed by atoms with Gasteiger partial charge in [0.2, 0.25) is 11.8 Å². The molecule has 21 heavy (non-hydrogen) atoms. The standard InChI is InChI=1S/C16H29N3O2/c1-4-6-7-17(3)15(20)13-12-14(13)16(21)19-10-8-18(5-2)9-11-19/h13-14H,4-12H2,1-3H3. The first kappa shape index (κ1) is 16.3. The lowest BCUT2D eigenvalue weighted by atomic mass is 10.2. The van der Waals surface area contributed by atoms with Crippen LogP contribution in [0.25, 0.3) is 0 Å². The first-order chi connectivity index (χ1) is 10.1. The van der Waals surface area contributed by atoms with Crippen molar-refractivity contribution in [2.24, 2.45) is 11.8 Å². The first-order valence-corrected chi connectivity index (χ1v) is 8.34. The summed E-state index contributed by atoms with van der Waals surface area (Å²) in [5.74, 6) is 0.264. The summed E-state index contributed by atoms with van der Waals surface area (Å²) in [5.41, 5.74) is 0. The number of amides is 2. The normalized spacial score (nSPS) is 25.8. The van der Waals surface area contributed by atoms with Crippen molar-refractivity contribution in [3.05, 3.63) is 0 Å². The predicted molar refractivity (Wildman–Crippen MR) is 82.8 cm³/mol. The van der Waals surface area contributed by atoms with Gasteiger partial charge in [-0.15, -0.1) is 0 Å². The molecular formula is C16H29N3O2. The molecule has 2 amide bonds. The molecule has 2 unspecified atom stereocenters. The summed E-state index contributed by atoms with van der Waals surface area (Å²) in [7, 11) is 1.86. The van der Waals surface area contributed by atoms with E-state index in [-0.39, 0.29) is 23.7 Å². The lowest BCUT2D eigenvalue weighted by Crippen LogP contribution is -2.49. The smallest absolute Gasteiger partial charge is 0.226 e. The molecule has 5 heteroatoms. The quantitative estimate of drug-likeness (QED) is 0.735. The second-order valence-corrected chi connectivity index (χ2v) is 6.32. The van der Waals surface area contributed by atoms with Gasteiger partial charge < -0.3 is 14.7 Å². The summed E-state index contributed by atoms with van der Waals surface area (Å²) in [4.78, 5) is 30.8. The number of carbonyl (C=O) groups excluding carboxylic acids is 2. The lowest BCUT2D eigenvalue weighted by molar-refractivity contribution is -0.138. The van der Waals surface area contributed by atoms with Crippen LogP contribution in [-0.2, 0) is 9.59 Å². The van der Waals surface area contributed by atoms with Crippen molar-refractivity contribution in [2.45, 2.75) is 33.1 Å². The molecule has 1 aliphatic carbocycles. The number of hydrogen-bond donors (Lipinski definition) is 0. The van der Waals surface area contributed by atoms with Gasteiger partial charge in [-0.3, -0.25) is 9.59 Å². The van der Waals surface area contributed by atoms with E-state index >= 15 is 0 Å². The molecule has 2 fully saturated rings. The minimum Gasteiger partial charge on any atom is -0.346 e. The van der Waals surface area contributed by atoms with Crippen LogP contribution < -0.4 is 0 Å². The van der Waals surface area contributed by atoms with Gasteiger partial charge in [0, 0.05) is 39.8 Å². The lowest BCUT2D eigenvalue weighted by Gasteiger charge is -2.34. The van der Waals surface area contributed by atoms with Crippen molar-refractivity contribution in [3.63, 3.8) is 0 Å². The molecule has 1 heterocycles. The highest BCUT2D eigenvalue weighted by molar-refractivity contribution is 5.92. The maximum Gasteiger partial charge on any atom is 0.226 e. The Kier molecular flexibility index (Phi) is 5.62. The summed E-state index contributed by atoms with van der Waals surface area (Å²) in [6, 6.07) is 0. The van der Waals surface area contributed by atoms with Crippen LogP contribution in [0.5, 0.6) is 0 Å². The molecule has 0 N–H and O–H groups in total. The molecule has 0 aromatic rings. The first-order valence-electron chi connectivity index (χ1n) is 8.34. The van der Waals surface area contributed by atoms with Gasteiger partial charge in [0.25, 0.3) is 0 Å². The Morgan fingerprint density at radius 2 is 1.76 bits per heavy atom. The third-order valence-corrected chi connectivity index (χ3v) is 4.78. The van der Waals surface area contributed by atoms with Crippen molar-refractivity contribution < 1.29 is 9.59 Å². The number of likely N-dealkylation sites (N-methyl/N-ethyl adjacent to an activating group) is 1. The zero-order valence-corrected chi connectivity index (χ0v) is 13.7. The summed E-state index contributed by atoms with van der Waals surface area (Å²) in [6.07, 6.45) is 2.88. The highest BCUT2D eigenvalue weighted by Crippen LogP contribution is 2.41. The van der Waals surface area contributed by atoms with Crippen molar-refractivity contribution in [3.8, 4) is 0 Å². The fourth-order valence-electron chi connectivity index (χ4n) is 3.05. The third-order valence-electron chi connectivity index (χ3n) is 4.78. The van der Waals surface area contributed by atoms with E-state index in [1.807, 2.05) is 11.9 Å². The minimum atomic E-state index is -0.0523. The van der Waals surface area contributed by atoms with Crippen LogP contribution in [0.1, 0.15) is 33.1 Å². The van der Waals surface area contributed by atoms with E-state index in [2.05, 4.69) is 18.7 Å². The molecule has 1 aliphatic heterocycles. The zero-order valence-electron chi connectivity index (χ0n) is 13.7. The maximum absolute atomic E-state index is 12.4. The summed E-state index contributed by atoms with van der Waals surface area (Å²) >= 11 is 0. The van der Waals surface area contributed by atoms with Crippen molar-refractivity contribution in [1.82, 2.24) is 14.7 Å². The maximum atomic E-state index is 12.4. The third kappa shape index (κ3) is 3.96. The van der Waals surface area contributed by atoms with E-state index in [4.69, 9.17) is 0 Å². The fourth-order valence-corrected chi connectivity index (χ4v) is 3.05. The van der Waals surface area contributed by atoms with Crippen LogP contribution >= 0.6 is 0 Å². The molecule has 0 aromatic heterocycles. The minimum absolute atomic E-state index is 0.0465. The molecule has 0 radical (unpaired) electrons. The summed E-state index contributed by atoms with van der Waals surface area (Å²) in [6.45, 7) is 9.69. The summed E-state index contributed by atoms with van der Waals surface area (Å²) < 4.78 is 0. The van der Waals surface area contributed by atoms with E-state index in [1.54, 1.807) is 4.90 Å². The van der Waals surface area contributed by atoms with Crippen LogP contribution in [0.15, 0.2) is 0 Å². The van der Waals surface area contributed by atoms with E-state index in [9.17, 15) is 9.59 Å². The highest BCUT2D eigenvalue weighted by Gasteiger charge is 2.50. The monoisotopic (exact) mass is 295 g/mol. The molecule has 2 aliphatic rings. The van der Waals surface area contributed by atoms with Crippen molar-refractivity contribution >= 4 is 11.8 Å². The molecule has 2 atom stereocenters. The number of piperazine rings is 1. The number of nitrogens with zero attached hydrogens (tertiary/aromatic N) is 3. The van der Waals surface area contributed by atoms with Gasteiger partial charge in [0.1, 0.15) is 0 Å². The van der Waals surface area contributed by atoms with Gasteiger partial charge in [-0.1, -0.05) is 20.3 Å². The van der Waals surface area contributed by atoms with Crippen LogP contribution in [-0.4, -0.2) is 72.8 Å². The van der Waals surface area contributed by atoms with Crippen LogP contribution in [0.4, 0.5) is 0 Å². The van der Waals surface area contributed by atoms with Gasteiger partial charge in [-0.25, -0.2) is 0 Å². The molecule has 120 valence electrons. The van der Waals surface area contributed by atoms with E-state index < -0.39 is 0 Å². The van der Waals surface area contributed by atoms with Gasteiger partial charge in [-0.05, 0) is 19.4 Å². The molecule has 1 saturated carbocycles. The van der Waals surface area contributed by atoms with Gasteiger partial charge in [-0.2, -0.15) is 0 Å². The number of unbranched alkanes of at least 4 members (excludes halogenated alkanes) is 1. The van der Waals surface area contributed by atoms with Crippen molar-refractivity contribution in [1.29, 1.82) is 0 Å². The van der Waals surface area contributed by atoms with Crippen molar-refractivity contribution in [2.75, 3.05) is 46.3 Å². The molecule has 2 rings (SSSR count). The average Bonchev–Trinajstić information content (AvgIpc) is 3.31. The highest BCUT2D eigenvalue weighted by atomic mass is 16.2. The second kappa shape index (κ2) is 7.25. The Balaban J connectivity index is 1.77. The predicted octanol–water partition coefficient (Wildman–Crippen LogP) is 1.05. The second-order valence-electron chi connectivity index (χ2n) is 6.32. The fraction of sp³-hybridized carbons (Fsp3) is 0.875. The molecule has 5 nitrogen and oxygen atoms in total. The van der Waals surface area contributed by atoms with Crippen LogP contribution in [0, 0.1) is 11.8 Å². The number of hydrogen-bond acceptors (Lipinski definition) is 3. The van der Waals surface area contributed by atoms with Crippen LogP contribution in [0.2, 0.25) is 0 Å². The zero-order chi connectivity index (χ0) is 15.4. The largest absolute Gasteiger partial charge is 0.346 e. The van der Waals surface area contributed by atoms with Gasteiger partial charge >= 0.3 is 0 Å². The summed E-state index contributed by atoms with van der Waals surface area (Å²) in [5, 5.41) is 0. The van der Waals surface area contributed by atoms with Gasteiger partial charge in [0.05, 0.1) is 11.8 Å². The Bertz CT molecular complexity index is 378. The number of carbonyl (C=O) groups is 2.